The summed E-state index contributed by atoms with van der Waals surface area (Å²) in [7, 11) is 1.50. The van der Waals surface area contributed by atoms with E-state index in [1.54, 1.807) is 29.2 Å². The molecule has 1 aliphatic rings. The van der Waals surface area contributed by atoms with Crippen LogP contribution in [0.4, 0.5) is 11.4 Å². The van der Waals surface area contributed by atoms with Gasteiger partial charge in [0.25, 0.3) is 5.91 Å². The highest BCUT2D eigenvalue weighted by atomic mass is 16.5. The minimum atomic E-state index is -1.09. The van der Waals surface area contributed by atoms with Crippen molar-refractivity contribution in [1.29, 1.82) is 0 Å². The number of hydrogen-bond donors (Lipinski definition) is 2. The number of aromatic carboxylic acids is 1. The van der Waals surface area contributed by atoms with Gasteiger partial charge in [0.2, 0.25) is 5.91 Å². The first-order valence-electron chi connectivity index (χ1n) is 9.15. The van der Waals surface area contributed by atoms with E-state index in [2.05, 4.69) is 5.32 Å². The van der Waals surface area contributed by atoms with E-state index in [0.717, 1.165) is 12.1 Å². The van der Waals surface area contributed by atoms with Gasteiger partial charge < -0.3 is 24.8 Å². The quantitative estimate of drug-likeness (QED) is 0.708. The molecule has 152 valence electrons. The summed E-state index contributed by atoms with van der Waals surface area (Å²) in [5.41, 5.74) is 1.77. The van der Waals surface area contributed by atoms with Crippen molar-refractivity contribution < 1.29 is 29.0 Å². The highest BCUT2D eigenvalue weighted by Crippen LogP contribution is 2.25. The molecular weight excluding hydrogens is 376 g/mol. The number of carbonyl (C=O) groups excluding carboxylic acids is 2. The number of nitrogens with zero attached hydrogens (tertiary/aromatic N) is 1. The first-order chi connectivity index (χ1) is 14.0. The molecule has 1 fully saturated rings. The van der Waals surface area contributed by atoms with Crippen molar-refractivity contribution in [1.82, 2.24) is 0 Å². The van der Waals surface area contributed by atoms with Crippen molar-refractivity contribution in [2.75, 3.05) is 30.5 Å². The number of hydrogen-bond acceptors (Lipinski definition) is 5. The molecule has 0 radical (unpaired) electrons. The normalized spacial score (nSPS) is 13.4. The lowest BCUT2D eigenvalue weighted by molar-refractivity contribution is -0.118. The number of carboxylic acid groups (broad SMARTS) is 1. The van der Waals surface area contributed by atoms with E-state index < -0.39 is 11.9 Å². The summed E-state index contributed by atoms with van der Waals surface area (Å²) in [6.07, 6.45) is 1.36. The minimum Gasteiger partial charge on any atom is -0.484 e. The molecule has 1 aliphatic heterocycles. The average Bonchev–Trinajstić information content (AvgIpc) is 3.12. The molecule has 0 aromatic heterocycles. The maximum atomic E-state index is 12.2. The Morgan fingerprint density at radius 1 is 1.21 bits per heavy atom. The third-order valence-electron chi connectivity index (χ3n) is 4.41. The van der Waals surface area contributed by atoms with Crippen molar-refractivity contribution >= 4 is 29.2 Å². The average molecular weight is 398 g/mol. The molecular formula is C21H22N2O6. The fraction of sp³-hybridized carbons (Fsp3) is 0.286. The Morgan fingerprint density at radius 3 is 2.72 bits per heavy atom. The molecule has 0 bridgehead atoms. The number of carboxylic acids is 1. The predicted octanol–water partition coefficient (Wildman–Crippen LogP) is 2.68. The topological polar surface area (TPSA) is 105 Å². The summed E-state index contributed by atoms with van der Waals surface area (Å²) in [5.74, 6) is -0.983. The molecule has 8 nitrogen and oxygen atoms in total. The summed E-state index contributed by atoms with van der Waals surface area (Å²) < 4.78 is 10.6. The molecule has 2 aromatic carbocycles. The Bertz CT molecular complexity index is 927. The highest BCUT2D eigenvalue weighted by molar-refractivity contribution is 5.96. The first kappa shape index (κ1) is 20.3. The van der Waals surface area contributed by atoms with Crippen LogP contribution in [-0.2, 0) is 20.9 Å². The van der Waals surface area contributed by atoms with Gasteiger partial charge in [0.05, 0.1) is 12.2 Å². The SMILES string of the molecule is COCc1cc(NC(=O)COc2cccc(N3CCCC3=O)c2)cc(C(=O)O)c1. The zero-order valence-corrected chi connectivity index (χ0v) is 16.0. The Balaban J connectivity index is 1.63. The molecule has 0 unspecified atom stereocenters. The first-order valence-corrected chi connectivity index (χ1v) is 9.15. The summed E-state index contributed by atoms with van der Waals surface area (Å²) in [6, 6.07) is 11.5. The van der Waals surface area contributed by atoms with Crippen LogP contribution in [0.15, 0.2) is 42.5 Å². The zero-order chi connectivity index (χ0) is 20.8. The molecule has 2 N–H and O–H groups in total. The van der Waals surface area contributed by atoms with E-state index in [0.29, 0.717) is 30.0 Å². The summed E-state index contributed by atoms with van der Waals surface area (Å²) in [5, 5.41) is 11.9. The standard InChI is InChI=1S/C21H22N2O6/c1-28-12-14-8-15(21(26)27)10-16(9-14)22-19(24)13-29-18-5-2-4-17(11-18)23-7-3-6-20(23)25/h2,4-5,8-11H,3,6-7,12-13H2,1H3,(H,22,24)(H,26,27). The van der Waals surface area contributed by atoms with Gasteiger partial charge in [0.15, 0.2) is 6.61 Å². The molecule has 0 atom stereocenters. The summed E-state index contributed by atoms with van der Waals surface area (Å²) in [6.45, 7) is 0.642. The molecule has 3 rings (SSSR count). The third kappa shape index (κ3) is 5.32. The number of ether oxygens (including phenoxy) is 2. The molecule has 0 aliphatic carbocycles. The molecule has 29 heavy (non-hydrogen) atoms. The van der Waals surface area contributed by atoms with Gasteiger partial charge in [-0.1, -0.05) is 6.07 Å². The summed E-state index contributed by atoms with van der Waals surface area (Å²) in [4.78, 5) is 37.1. The second-order valence-electron chi connectivity index (χ2n) is 6.64. The Labute approximate surface area is 168 Å². The lowest BCUT2D eigenvalue weighted by Crippen LogP contribution is -2.24. The van der Waals surface area contributed by atoms with Crippen LogP contribution in [0.3, 0.4) is 0 Å². The van der Waals surface area contributed by atoms with Crippen LogP contribution in [-0.4, -0.2) is 43.2 Å². The van der Waals surface area contributed by atoms with Gasteiger partial charge in [0, 0.05) is 37.5 Å². The van der Waals surface area contributed by atoms with Crippen molar-refractivity contribution in [2.45, 2.75) is 19.4 Å². The van der Waals surface area contributed by atoms with E-state index >= 15 is 0 Å². The minimum absolute atomic E-state index is 0.0544. The lowest BCUT2D eigenvalue weighted by atomic mass is 10.1. The van der Waals surface area contributed by atoms with Crippen LogP contribution in [0.5, 0.6) is 5.75 Å². The number of nitrogens with one attached hydrogen (secondary N) is 1. The highest BCUT2D eigenvalue weighted by Gasteiger charge is 2.21. The Kier molecular flexibility index (Phi) is 6.46. The van der Waals surface area contributed by atoms with E-state index in [-0.39, 0.29) is 24.7 Å². The maximum Gasteiger partial charge on any atom is 0.335 e. The van der Waals surface area contributed by atoms with Gasteiger partial charge in [0.1, 0.15) is 5.75 Å². The van der Waals surface area contributed by atoms with E-state index in [1.165, 1.54) is 19.2 Å². The van der Waals surface area contributed by atoms with Gasteiger partial charge in [-0.05, 0) is 42.3 Å². The Morgan fingerprint density at radius 2 is 2.03 bits per heavy atom. The van der Waals surface area contributed by atoms with Crippen molar-refractivity contribution in [3.63, 3.8) is 0 Å². The largest absolute Gasteiger partial charge is 0.484 e. The molecule has 0 saturated carbocycles. The molecule has 2 amide bonds. The smallest absolute Gasteiger partial charge is 0.335 e. The lowest BCUT2D eigenvalue weighted by Gasteiger charge is -2.16. The molecule has 1 heterocycles. The van der Waals surface area contributed by atoms with E-state index in [4.69, 9.17) is 9.47 Å². The molecule has 8 heteroatoms. The van der Waals surface area contributed by atoms with E-state index in [9.17, 15) is 19.5 Å². The van der Waals surface area contributed by atoms with Gasteiger partial charge in [-0.3, -0.25) is 9.59 Å². The van der Waals surface area contributed by atoms with Gasteiger partial charge in [-0.2, -0.15) is 0 Å². The van der Waals surface area contributed by atoms with Crippen LogP contribution >= 0.6 is 0 Å². The number of benzene rings is 2. The van der Waals surface area contributed by atoms with E-state index in [1.807, 2.05) is 6.07 Å². The molecule has 1 saturated heterocycles. The van der Waals surface area contributed by atoms with Crippen LogP contribution < -0.4 is 15.0 Å². The van der Waals surface area contributed by atoms with Crippen LogP contribution in [0, 0.1) is 0 Å². The molecule has 0 spiro atoms. The van der Waals surface area contributed by atoms with Crippen LogP contribution in [0.25, 0.3) is 0 Å². The fourth-order valence-corrected chi connectivity index (χ4v) is 3.15. The van der Waals surface area contributed by atoms with Crippen molar-refractivity contribution in [3.8, 4) is 5.75 Å². The van der Waals surface area contributed by atoms with Gasteiger partial charge >= 0.3 is 5.97 Å². The zero-order valence-electron chi connectivity index (χ0n) is 16.0. The third-order valence-corrected chi connectivity index (χ3v) is 4.41. The second-order valence-corrected chi connectivity index (χ2v) is 6.64. The van der Waals surface area contributed by atoms with Crippen molar-refractivity contribution in [2.24, 2.45) is 0 Å². The number of carbonyl (C=O) groups is 3. The van der Waals surface area contributed by atoms with Crippen LogP contribution in [0.1, 0.15) is 28.8 Å². The predicted molar refractivity (Wildman–Crippen MR) is 106 cm³/mol. The second kappa shape index (κ2) is 9.20. The van der Waals surface area contributed by atoms with Crippen LogP contribution in [0.2, 0.25) is 0 Å². The number of rotatable bonds is 8. The maximum absolute atomic E-state index is 12.2. The monoisotopic (exact) mass is 398 g/mol. The van der Waals surface area contributed by atoms with Crippen molar-refractivity contribution in [3.05, 3.63) is 53.6 Å². The number of anilines is 2. The number of amides is 2. The Hall–Kier alpha value is -3.39. The molecule has 2 aromatic rings. The summed E-state index contributed by atoms with van der Waals surface area (Å²) >= 11 is 0. The van der Waals surface area contributed by atoms with Gasteiger partial charge in [-0.25, -0.2) is 4.79 Å². The van der Waals surface area contributed by atoms with Gasteiger partial charge in [-0.15, -0.1) is 0 Å². The fourth-order valence-electron chi connectivity index (χ4n) is 3.15. The number of methoxy groups -OCH3 is 1.